The minimum absolute atomic E-state index is 0.0400. The molecule has 9 nitrogen and oxygen atoms in total. The summed E-state index contributed by atoms with van der Waals surface area (Å²) in [4.78, 5) is 25.7. The highest BCUT2D eigenvalue weighted by atomic mass is 16.7. The summed E-state index contributed by atoms with van der Waals surface area (Å²) in [6.07, 6.45) is 7.05. The topological polar surface area (TPSA) is 102 Å². The molecule has 272 valence electrons. The molecule has 53 heavy (non-hydrogen) atoms. The zero-order valence-electron chi connectivity index (χ0n) is 31.7. The Balaban J connectivity index is 0.000000185. The maximum atomic E-state index is 13.0. The second-order valence-corrected chi connectivity index (χ2v) is 14.8. The summed E-state index contributed by atoms with van der Waals surface area (Å²) in [5, 5.41) is 0. The highest BCUT2D eigenvalue weighted by molar-refractivity contribution is 6.62. The van der Waals surface area contributed by atoms with Crippen molar-refractivity contribution in [2.45, 2.75) is 85.4 Å². The molecule has 5 aromatic rings. The third kappa shape index (κ3) is 8.84. The first kappa shape index (κ1) is 37.4. The molecule has 0 bridgehead atoms. The Hall–Kier alpha value is -5.32. The monoisotopic (exact) mass is 711 g/mol. The van der Waals surface area contributed by atoms with Crippen molar-refractivity contribution < 1.29 is 28.3 Å². The fraction of sp³-hybridized carbons (Fsp3) is 0.302. The first-order valence-electron chi connectivity index (χ1n) is 17.7. The van der Waals surface area contributed by atoms with Crippen molar-refractivity contribution in [2.75, 3.05) is 0 Å². The molecule has 2 aliphatic heterocycles. The second kappa shape index (κ2) is 15.3. The maximum Gasteiger partial charge on any atom is 0.494 e. The summed E-state index contributed by atoms with van der Waals surface area (Å²) >= 11 is 0. The smallest absolute Gasteiger partial charge is 0.487 e. The number of hydrogen-bond donors (Lipinski definition) is 0. The number of ketones is 1. The van der Waals surface area contributed by atoms with Gasteiger partial charge in [-0.15, -0.1) is 0 Å². The van der Waals surface area contributed by atoms with Crippen LogP contribution in [-0.2, 0) is 32.1 Å². The van der Waals surface area contributed by atoms with Gasteiger partial charge < -0.3 is 23.5 Å². The second-order valence-electron chi connectivity index (χ2n) is 14.8. The highest BCUT2D eigenvalue weighted by Crippen LogP contribution is 2.41. The van der Waals surface area contributed by atoms with Crippen molar-refractivity contribution in [3.8, 4) is 11.5 Å². The van der Waals surface area contributed by atoms with Crippen LogP contribution in [0.15, 0.2) is 110 Å². The molecule has 7 rings (SSSR count). The Morgan fingerprint density at radius 2 is 1.11 bits per heavy atom. The van der Waals surface area contributed by atoms with E-state index in [2.05, 4.69) is 42.6 Å². The molecule has 1 fully saturated rings. The fourth-order valence-corrected chi connectivity index (χ4v) is 5.63. The maximum absolute atomic E-state index is 13.0. The van der Waals surface area contributed by atoms with Crippen molar-refractivity contribution in [2.24, 2.45) is 0 Å². The molecule has 10 heteroatoms. The summed E-state index contributed by atoms with van der Waals surface area (Å²) < 4.78 is 29.8. The van der Waals surface area contributed by atoms with Crippen LogP contribution in [0.4, 0.5) is 0 Å². The van der Waals surface area contributed by atoms with Gasteiger partial charge in [-0.2, -0.15) is 0 Å². The Bertz CT molecular complexity index is 2030. The zero-order chi connectivity index (χ0) is 37.8. The quantitative estimate of drug-likeness (QED) is 0.141. The summed E-state index contributed by atoms with van der Waals surface area (Å²) in [7, 11) is -0.345. The van der Waals surface area contributed by atoms with Crippen molar-refractivity contribution >= 4 is 29.7 Å². The molecule has 0 amide bonds. The van der Waals surface area contributed by atoms with Crippen molar-refractivity contribution in [3.05, 3.63) is 143 Å². The van der Waals surface area contributed by atoms with Gasteiger partial charge in [-0.1, -0.05) is 36.4 Å². The Morgan fingerprint density at radius 3 is 1.58 bits per heavy atom. The molecule has 0 spiro atoms. The fourth-order valence-electron chi connectivity index (χ4n) is 5.63. The van der Waals surface area contributed by atoms with Crippen LogP contribution in [0.25, 0.3) is 11.3 Å². The number of carbonyl (C=O) groups is 1. The molecule has 0 aliphatic carbocycles. The molecule has 1 saturated heterocycles. The first-order chi connectivity index (χ1) is 25.2. The van der Waals surface area contributed by atoms with Crippen LogP contribution >= 0.6 is 0 Å². The van der Waals surface area contributed by atoms with Gasteiger partial charge in [0.25, 0.3) is 0 Å². The molecule has 0 unspecified atom stereocenters. The summed E-state index contributed by atoms with van der Waals surface area (Å²) in [6, 6.07) is 27.0. The number of ether oxygens (including phenoxy) is 3. The van der Waals surface area contributed by atoms with E-state index < -0.39 is 5.60 Å². The van der Waals surface area contributed by atoms with E-state index in [0.717, 1.165) is 44.9 Å². The average molecular weight is 712 g/mol. The van der Waals surface area contributed by atoms with Gasteiger partial charge in [0, 0.05) is 30.4 Å². The van der Waals surface area contributed by atoms with E-state index in [1.165, 1.54) is 0 Å². The van der Waals surface area contributed by atoms with Crippen LogP contribution in [0.2, 0.25) is 0 Å². The molecule has 0 N–H and O–H groups in total. The van der Waals surface area contributed by atoms with Gasteiger partial charge in [0.05, 0.1) is 28.2 Å². The van der Waals surface area contributed by atoms with Gasteiger partial charge >= 0.3 is 7.12 Å². The minimum atomic E-state index is -0.903. The predicted molar refractivity (Wildman–Crippen MR) is 206 cm³/mol. The van der Waals surface area contributed by atoms with Crippen LogP contribution in [0.1, 0.15) is 75.2 Å². The molecule has 0 radical (unpaired) electrons. The Morgan fingerprint density at radius 1 is 0.623 bits per heavy atom. The van der Waals surface area contributed by atoms with E-state index in [-0.39, 0.29) is 24.1 Å². The molecular formula is C43H46BN3O6. The number of Topliss-reactive ketones (excluding diaryl/α,β-unsaturated/α-hetero) is 1. The van der Waals surface area contributed by atoms with E-state index in [1.807, 2.05) is 111 Å². The summed E-state index contributed by atoms with van der Waals surface area (Å²) in [5.41, 5.74) is 5.68. The molecule has 5 heterocycles. The SMILES string of the molecule is Cc1ccc(COc2ccc(B3OC(C)(C)C(C)(C)O3)cc2)nc1.Cc1ccc(COc2ccc(C3=C(c4ccncc4)OC(C)(C)C3=O)cc2)nc1. The van der Waals surface area contributed by atoms with Crippen LogP contribution < -0.4 is 14.9 Å². The van der Waals surface area contributed by atoms with Gasteiger partial charge in [0.1, 0.15) is 30.5 Å². The lowest BCUT2D eigenvalue weighted by molar-refractivity contribution is -0.125. The number of hydrogen-bond acceptors (Lipinski definition) is 9. The zero-order valence-corrected chi connectivity index (χ0v) is 31.7. The Kier molecular flexibility index (Phi) is 10.8. The van der Waals surface area contributed by atoms with Gasteiger partial charge in [-0.3, -0.25) is 19.7 Å². The molecule has 3 aromatic heterocycles. The van der Waals surface area contributed by atoms with E-state index in [1.54, 1.807) is 26.2 Å². The standard InChI is InChI=1S/C24H22N2O3.C19H24BNO3/c1-16-4-7-19(26-14-16)15-28-20-8-5-17(6-9-20)21-22(18-10-12-25-13-11-18)29-24(2,3)23(21)27;1-14-6-9-16(21-12-14)13-22-17-10-7-15(8-11-17)20-23-18(2,3)19(4,5)24-20/h4-14H,15H2,1-3H3;6-12H,13H2,1-5H3. The van der Waals surface area contributed by atoms with E-state index in [4.69, 9.17) is 23.5 Å². The number of aryl methyl sites for hydroxylation is 2. The van der Waals surface area contributed by atoms with Gasteiger partial charge in [0.15, 0.2) is 5.60 Å². The molecular weight excluding hydrogens is 665 g/mol. The lowest BCUT2D eigenvalue weighted by Crippen LogP contribution is -2.41. The van der Waals surface area contributed by atoms with Gasteiger partial charge in [-0.25, -0.2) is 0 Å². The lowest BCUT2D eigenvalue weighted by atomic mass is 9.79. The summed E-state index contributed by atoms with van der Waals surface area (Å²) in [5.74, 6) is 2.06. The number of pyridine rings is 3. The largest absolute Gasteiger partial charge is 0.494 e. The first-order valence-corrected chi connectivity index (χ1v) is 17.7. The van der Waals surface area contributed by atoms with Crippen molar-refractivity contribution in [3.63, 3.8) is 0 Å². The average Bonchev–Trinajstić information content (AvgIpc) is 3.53. The van der Waals surface area contributed by atoms with E-state index in [0.29, 0.717) is 30.3 Å². The number of benzene rings is 2. The molecule has 0 saturated carbocycles. The minimum Gasteiger partial charge on any atom is -0.487 e. The van der Waals surface area contributed by atoms with Gasteiger partial charge in [0.2, 0.25) is 5.78 Å². The normalized spacial score (nSPS) is 16.8. The van der Waals surface area contributed by atoms with E-state index >= 15 is 0 Å². The molecule has 2 aliphatic rings. The Labute approximate surface area is 312 Å². The number of rotatable bonds is 9. The van der Waals surface area contributed by atoms with Crippen LogP contribution in [0, 0.1) is 13.8 Å². The number of nitrogens with zero attached hydrogens (tertiary/aromatic N) is 3. The number of carbonyl (C=O) groups excluding carboxylic acids is 1. The van der Waals surface area contributed by atoms with Crippen LogP contribution in [0.3, 0.4) is 0 Å². The lowest BCUT2D eigenvalue weighted by Gasteiger charge is -2.32. The van der Waals surface area contributed by atoms with Gasteiger partial charge in [-0.05, 0) is 126 Å². The van der Waals surface area contributed by atoms with Crippen LogP contribution in [0.5, 0.6) is 11.5 Å². The van der Waals surface area contributed by atoms with Crippen molar-refractivity contribution in [1.82, 2.24) is 15.0 Å². The molecule has 2 aromatic carbocycles. The van der Waals surface area contributed by atoms with Crippen LogP contribution in [-0.4, -0.2) is 44.7 Å². The highest BCUT2D eigenvalue weighted by Gasteiger charge is 2.51. The van der Waals surface area contributed by atoms with E-state index in [9.17, 15) is 4.79 Å². The molecule has 0 atom stereocenters. The van der Waals surface area contributed by atoms with Crippen molar-refractivity contribution in [1.29, 1.82) is 0 Å². The predicted octanol–water partition coefficient (Wildman–Crippen LogP) is 7.88. The third-order valence-corrected chi connectivity index (χ3v) is 9.57. The number of aromatic nitrogens is 3. The summed E-state index contributed by atoms with van der Waals surface area (Å²) in [6.45, 7) is 16.7. The third-order valence-electron chi connectivity index (χ3n) is 9.57.